The van der Waals surface area contributed by atoms with Crippen LogP contribution in [-0.2, 0) is 12.8 Å². The number of benzene rings is 1. The van der Waals surface area contributed by atoms with E-state index in [0.29, 0.717) is 5.02 Å². The second-order valence-electron chi connectivity index (χ2n) is 4.83. The second-order valence-corrected chi connectivity index (χ2v) is 5.24. The number of nitrogens with two attached hydrogens (primary N) is 1. The molecule has 82 valence electrons. The maximum absolute atomic E-state index is 6.14. The predicted octanol–water partition coefficient (Wildman–Crippen LogP) is 2.55. The van der Waals surface area contributed by atoms with Crippen molar-refractivity contribution in [2.75, 3.05) is 6.61 Å². The fourth-order valence-electron chi connectivity index (χ4n) is 1.95. The van der Waals surface area contributed by atoms with Gasteiger partial charge in [-0.25, -0.2) is 0 Å². The number of fused-ring (bicyclic) bond motifs is 1. The first-order valence-electron chi connectivity index (χ1n) is 5.19. The summed E-state index contributed by atoms with van der Waals surface area (Å²) in [6.45, 7) is 4.78. The maximum atomic E-state index is 6.14. The molecule has 2 rings (SSSR count). The molecular weight excluding hydrogens is 210 g/mol. The molecule has 0 radical (unpaired) electrons. The Bertz CT molecular complexity index is 382. The number of hydrogen-bond donors (Lipinski definition) is 1. The summed E-state index contributed by atoms with van der Waals surface area (Å²) < 4.78 is 5.45. The van der Waals surface area contributed by atoms with Gasteiger partial charge in [-0.2, -0.15) is 0 Å². The van der Waals surface area contributed by atoms with E-state index in [4.69, 9.17) is 22.1 Å². The summed E-state index contributed by atoms with van der Waals surface area (Å²) in [5.74, 6) is 0.857. The van der Waals surface area contributed by atoms with Crippen molar-refractivity contribution in [3.63, 3.8) is 0 Å². The fraction of sp³-hybridized carbons (Fsp3) is 0.500. The molecular formula is C12H16ClNO. The number of ether oxygens (including phenoxy) is 1. The van der Waals surface area contributed by atoms with Crippen molar-refractivity contribution < 1.29 is 4.74 Å². The van der Waals surface area contributed by atoms with Crippen LogP contribution in [0.4, 0.5) is 0 Å². The minimum atomic E-state index is -0.197. The Labute approximate surface area is 95.4 Å². The maximum Gasteiger partial charge on any atom is 0.141 e. The van der Waals surface area contributed by atoms with Gasteiger partial charge < -0.3 is 10.5 Å². The van der Waals surface area contributed by atoms with Gasteiger partial charge in [0.25, 0.3) is 0 Å². The van der Waals surface area contributed by atoms with Crippen molar-refractivity contribution in [1.82, 2.24) is 0 Å². The zero-order chi connectivity index (χ0) is 11.1. The first-order chi connectivity index (χ1) is 6.96. The summed E-state index contributed by atoms with van der Waals surface area (Å²) >= 11 is 6.14. The van der Waals surface area contributed by atoms with E-state index in [2.05, 4.69) is 6.07 Å². The van der Waals surface area contributed by atoms with E-state index >= 15 is 0 Å². The monoisotopic (exact) mass is 225 g/mol. The van der Waals surface area contributed by atoms with Gasteiger partial charge >= 0.3 is 0 Å². The smallest absolute Gasteiger partial charge is 0.141 e. The van der Waals surface area contributed by atoms with Crippen LogP contribution < -0.4 is 10.5 Å². The first-order valence-corrected chi connectivity index (χ1v) is 5.56. The highest BCUT2D eigenvalue weighted by Crippen LogP contribution is 2.35. The molecule has 15 heavy (non-hydrogen) atoms. The van der Waals surface area contributed by atoms with Crippen molar-refractivity contribution in [3.8, 4) is 5.75 Å². The Morgan fingerprint density at radius 1 is 1.47 bits per heavy atom. The molecule has 0 saturated carbocycles. The third kappa shape index (κ3) is 2.44. The standard InChI is InChI=1S/C12H16ClNO/c1-12(2,14)7-8-5-9-3-4-15-11(9)10(13)6-8/h5-6H,3-4,7,14H2,1-2H3. The first kappa shape index (κ1) is 10.8. The normalized spacial score (nSPS) is 14.9. The van der Waals surface area contributed by atoms with Gasteiger partial charge in [-0.15, -0.1) is 0 Å². The van der Waals surface area contributed by atoms with Crippen LogP contribution in [0.1, 0.15) is 25.0 Å². The third-order valence-electron chi connectivity index (χ3n) is 2.46. The van der Waals surface area contributed by atoms with Crippen molar-refractivity contribution in [2.45, 2.75) is 32.2 Å². The summed E-state index contributed by atoms with van der Waals surface area (Å²) in [4.78, 5) is 0. The average molecular weight is 226 g/mol. The largest absolute Gasteiger partial charge is 0.491 e. The average Bonchev–Trinajstić information content (AvgIpc) is 2.48. The highest BCUT2D eigenvalue weighted by Gasteiger charge is 2.19. The van der Waals surface area contributed by atoms with E-state index < -0.39 is 0 Å². The molecule has 0 fully saturated rings. The molecule has 0 spiro atoms. The van der Waals surface area contributed by atoms with Crippen LogP contribution in [0.3, 0.4) is 0 Å². The van der Waals surface area contributed by atoms with Gasteiger partial charge in [0, 0.05) is 12.0 Å². The summed E-state index contributed by atoms with van der Waals surface area (Å²) in [5.41, 5.74) is 8.19. The summed E-state index contributed by atoms with van der Waals surface area (Å²) in [7, 11) is 0. The molecule has 0 bridgehead atoms. The van der Waals surface area contributed by atoms with Gasteiger partial charge in [0.15, 0.2) is 0 Å². The quantitative estimate of drug-likeness (QED) is 0.840. The molecule has 2 N–H and O–H groups in total. The number of hydrogen-bond acceptors (Lipinski definition) is 2. The Hall–Kier alpha value is -0.730. The Kier molecular flexibility index (Phi) is 2.65. The van der Waals surface area contributed by atoms with Crippen LogP contribution in [0, 0.1) is 0 Å². The van der Waals surface area contributed by atoms with Gasteiger partial charge in [0.05, 0.1) is 11.6 Å². The molecule has 1 aromatic carbocycles. The van der Waals surface area contributed by atoms with Gasteiger partial charge in [-0.1, -0.05) is 17.7 Å². The Morgan fingerprint density at radius 2 is 2.20 bits per heavy atom. The van der Waals surface area contributed by atoms with Crippen LogP contribution in [0.15, 0.2) is 12.1 Å². The molecule has 1 aliphatic rings. The molecule has 0 amide bonds. The minimum Gasteiger partial charge on any atom is -0.491 e. The van der Waals surface area contributed by atoms with E-state index in [1.165, 1.54) is 11.1 Å². The summed E-state index contributed by atoms with van der Waals surface area (Å²) in [6, 6.07) is 4.11. The number of halogens is 1. The Morgan fingerprint density at radius 3 is 2.87 bits per heavy atom. The van der Waals surface area contributed by atoms with Crippen LogP contribution in [0.5, 0.6) is 5.75 Å². The predicted molar refractivity (Wildman–Crippen MR) is 62.6 cm³/mol. The number of rotatable bonds is 2. The minimum absolute atomic E-state index is 0.197. The fourth-order valence-corrected chi connectivity index (χ4v) is 2.27. The van der Waals surface area contributed by atoms with E-state index in [1.54, 1.807) is 0 Å². The molecule has 0 saturated heterocycles. The van der Waals surface area contributed by atoms with E-state index in [-0.39, 0.29) is 5.54 Å². The van der Waals surface area contributed by atoms with Crippen molar-refractivity contribution in [3.05, 3.63) is 28.3 Å². The van der Waals surface area contributed by atoms with Gasteiger partial charge in [-0.05, 0) is 37.5 Å². The van der Waals surface area contributed by atoms with Crippen LogP contribution in [0.2, 0.25) is 5.02 Å². The molecule has 1 aromatic rings. The van der Waals surface area contributed by atoms with E-state index in [0.717, 1.165) is 25.2 Å². The zero-order valence-corrected chi connectivity index (χ0v) is 9.90. The molecule has 0 aliphatic carbocycles. The Balaban J connectivity index is 2.32. The highest BCUT2D eigenvalue weighted by atomic mass is 35.5. The topological polar surface area (TPSA) is 35.2 Å². The van der Waals surface area contributed by atoms with Crippen molar-refractivity contribution >= 4 is 11.6 Å². The molecule has 0 aromatic heterocycles. The molecule has 3 heteroatoms. The second kappa shape index (κ2) is 3.69. The van der Waals surface area contributed by atoms with Gasteiger partial charge in [0.1, 0.15) is 5.75 Å². The SMILES string of the molecule is CC(C)(N)Cc1cc(Cl)c2c(c1)CCO2. The summed E-state index contributed by atoms with van der Waals surface area (Å²) in [5, 5.41) is 0.712. The van der Waals surface area contributed by atoms with Gasteiger partial charge in [0.2, 0.25) is 0 Å². The molecule has 0 atom stereocenters. The van der Waals surface area contributed by atoms with E-state index in [1.807, 2.05) is 19.9 Å². The lowest BCUT2D eigenvalue weighted by atomic mass is 9.95. The van der Waals surface area contributed by atoms with Gasteiger partial charge in [-0.3, -0.25) is 0 Å². The zero-order valence-electron chi connectivity index (χ0n) is 9.14. The van der Waals surface area contributed by atoms with Crippen molar-refractivity contribution in [1.29, 1.82) is 0 Å². The summed E-state index contributed by atoms with van der Waals surface area (Å²) in [6.07, 6.45) is 1.79. The lowest BCUT2D eigenvalue weighted by Crippen LogP contribution is -2.34. The van der Waals surface area contributed by atoms with Crippen LogP contribution in [-0.4, -0.2) is 12.1 Å². The molecule has 0 unspecified atom stereocenters. The lowest BCUT2D eigenvalue weighted by Gasteiger charge is -2.19. The lowest BCUT2D eigenvalue weighted by molar-refractivity contribution is 0.357. The van der Waals surface area contributed by atoms with E-state index in [9.17, 15) is 0 Å². The van der Waals surface area contributed by atoms with Crippen LogP contribution in [0.25, 0.3) is 0 Å². The molecule has 2 nitrogen and oxygen atoms in total. The van der Waals surface area contributed by atoms with Crippen molar-refractivity contribution in [2.24, 2.45) is 5.73 Å². The highest BCUT2D eigenvalue weighted by molar-refractivity contribution is 6.32. The third-order valence-corrected chi connectivity index (χ3v) is 2.74. The van der Waals surface area contributed by atoms with Crippen LogP contribution >= 0.6 is 11.6 Å². The molecule has 1 heterocycles. The molecule has 1 aliphatic heterocycles.